The van der Waals surface area contributed by atoms with Crippen LogP contribution in [0.15, 0.2) is 18.3 Å². The average molecular weight is 261 g/mol. The van der Waals surface area contributed by atoms with Crippen LogP contribution in [0.2, 0.25) is 0 Å². The lowest BCUT2D eigenvalue weighted by Gasteiger charge is -2.05. The Hall–Kier alpha value is -2.39. The summed E-state index contributed by atoms with van der Waals surface area (Å²) in [6.45, 7) is 0.0553. The lowest BCUT2D eigenvalue weighted by molar-refractivity contribution is -0.118. The van der Waals surface area contributed by atoms with E-state index in [4.69, 9.17) is 10.8 Å². The Balaban J connectivity index is 2.63. The van der Waals surface area contributed by atoms with Gasteiger partial charge < -0.3 is 16.2 Å². The summed E-state index contributed by atoms with van der Waals surface area (Å²) in [6.07, 6.45) is 2.19. The van der Waals surface area contributed by atoms with Crippen molar-refractivity contribution in [3.05, 3.63) is 29.6 Å². The Bertz CT molecular complexity index is 517. The second-order valence-corrected chi connectivity index (χ2v) is 3.69. The van der Waals surface area contributed by atoms with Gasteiger partial charge in [-0.25, -0.2) is 4.98 Å². The number of aromatic nitrogens is 1. The van der Waals surface area contributed by atoms with E-state index in [9.17, 15) is 9.59 Å². The number of nitrogens with zero attached hydrogens (tertiary/aromatic N) is 1. The number of aliphatic hydroxyl groups is 1. The number of aliphatic hydroxyl groups excluding tert-OH is 1. The molecular weight excluding hydrogens is 246 g/mol. The molecule has 1 rings (SSSR count). The molecular formula is C13H15N3O3. The van der Waals surface area contributed by atoms with Crippen molar-refractivity contribution in [3.8, 4) is 11.8 Å². The van der Waals surface area contributed by atoms with E-state index in [1.807, 2.05) is 0 Å². The van der Waals surface area contributed by atoms with Crippen LogP contribution in [0.1, 0.15) is 28.9 Å². The fraction of sp³-hybridized carbons (Fsp3) is 0.308. The van der Waals surface area contributed by atoms with Gasteiger partial charge in [-0.2, -0.15) is 0 Å². The molecule has 0 atom stereocenters. The number of nitrogens with two attached hydrogens (primary N) is 1. The lowest BCUT2D eigenvalue weighted by atomic mass is 10.2. The molecule has 0 unspecified atom stereocenters. The summed E-state index contributed by atoms with van der Waals surface area (Å²) in [4.78, 5) is 26.4. The maximum absolute atomic E-state index is 11.9. The van der Waals surface area contributed by atoms with Gasteiger partial charge in [-0.1, -0.05) is 11.8 Å². The quantitative estimate of drug-likeness (QED) is 0.487. The monoisotopic (exact) mass is 261 g/mol. The Kier molecular flexibility index (Phi) is 6.06. The van der Waals surface area contributed by atoms with Crippen LogP contribution in [-0.4, -0.2) is 35.1 Å². The van der Waals surface area contributed by atoms with Crippen molar-refractivity contribution in [1.82, 2.24) is 10.3 Å². The van der Waals surface area contributed by atoms with Gasteiger partial charge in [-0.3, -0.25) is 9.59 Å². The van der Waals surface area contributed by atoms with Gasteiger partial charge in [-0.15, -0.1) is 0 Å². The molecule has 0 saturated heterocycles. The molecule has 0 fully saturated rings. The predicted molar refractivity (Wildman–Crippen MR) is 69.0 cm³/mol. The van der Waals surface area contributed by atoms with E-state index in [1.54, 1.807) is 12.1 Å². The fourth-order valence-corrected chi connectivity index (χ4v) is 1.37. The van der Waals surface area contributed by atoms with Crippen LogP contribution >= 0.6 is 0 Å². The molecule has 6 nitrogen and oxygen atoms in total. The van der Waals surface area contributed by atoms with Crippen LogP contribution in [0.5, 0.6) is 0 Å². The summed E-state index contributed by atoms with van der Waals surface area (Å²) in [5.74, 6) is 4.35. The number of pyridine rings is 1. The first-order chi connectivity index (χ1) is 9.15. The molecule has 0 radical (unpaired) electrons. The second kappa shape index (κ2) is 7.84. The molecule has 4 N–H and O–H groups in total. The number of primary amides is 1. The molecule has 0 aliphatic heterocycles. The largest absolute Gasteiger partial charge is 0.384 e. The zero-order chi connectivity index (χ0) is 14.1. The summed E-state index contributed by atoms with van der Waals surface area (Å²) in [5.41, 5.74) is 5.64. The van der Waals surface area contributed by atoms with Gasteiger partial charge in [0.2, 0.25) is 5.91 Å². The molecule has 1 aromatic rings. The minimum Gasteiger partial charge on any atom is -0.384 e. The Labute approximate surface area is 111 Å². The number of rotatable bonds is 5. The summed E-state index contributed by atoms with van der Waals surface area (Å²) < 4.78 is 0. The highest BCUT2D eigenvalue weighted by Crippen LogP contribution is 2.03. The highest BCUT2D eigenvalue weighted by Gasteiger charge is 2.10. The number of carbonyl (C=O) groups excluding carboxylic acids is 2. The van der Waals surface area contributed by atoms with Crippen LogP contribution < -0.4 is 11.1 Å². The fourth-order valence-electron chi connectivity index (χ4n) is 1.37. The van der Waals surface area contributed by atoms with Crippen LogP contribution in [0, 0.1) is 11.8 Å². The maximum atomic E-state index is 11.9. The van der Waals surface area contributed by atoms with E-state index in [0.717, 1.165) is 0 Å². The normalized spacial score (nSPS) is 9.32. The number of amides is 2. The van der Waals surface area contributed by atoms with Crippen LogP contribution in [-0.2, 0) is 4.79 Å². The lowest BCUT2D eigenvalue weighted by Crippen LogP contribution is -2.27. The van der Waals surface area contributed by atoms with Crippen molar-refractivity contribution in [2.45, 2.75) is 12.8 Å². The van der Waals surface area contributed by atoms with Crippen molar-refractivity contribution < 1.29 is 14.7 Å². The molecule has 6 heteroatoms. The second-order valence-electron chi connectivity index (χ2n) is 3.69. The number of nitrogens with one attached hydrogen (secondary N) is 1. The maximum Gasteiger partial charge on any atom is 0.271 e. The Morgan fingerprint density at radius 2 is 2.26 bits per heavy atom. The van der Waals surface area contributed by atoms with Crippen molar-refractivity contribution in [2.75, 3.05) is 13.2 Å². The van der Waals surface area contributed by atoms with E-state index >= 15 is 0 Å². The third-order valence-electron chi connectivity index (χ3n) is 2.21. The zero-order valence-electron chi connectivity index (χ0n) is 10.3. The molecule has 1 heterocycles. The number of hydrogen-bond donors (Lipinski definition) is 3. The first kappa shape index (κ1) is 14.7. The Morgan fingerprint density at radius 3 is 2.95 bits per heavy atom. The zero-order valence-corrected chi connectivity index (χ0v) is 10.3. The topological polar surface area (TPSA) is 105 Å². The van der Waals surface area contributed by atoms with E-state index in [0.29, 0.717) is 18.5 Å². The van der Waals surface area contributed by atoms with Gasteiger partial charge in [0.25, 0.3) is 5.91 Å². The van der Waals surface area contributed by atoms with Crippen molar-refractivity contribution in [3.63, 3.8) is 0 Å². The molecule has 100 valence electrons. The standard InChI is InChI=1S/C13H15N3O3/c14-11(18)6-2-8-16-13(19)12-10(5-3-9-17)4-1-7-15-12/h1,4,7,17H,2,6,8-9H2,(H2,14,18)(H,16,19). The van der Waals surface area contributed by atoms with E-state index < -0.39 is 5.91 Å². The van der Waals surface area contributed by atoms with Gasteiger partial charge in [0.05, 0.1) is 5.56 Å². The van der Waals surface area contributed by atoms with E-state index in [-0.39, 0.29) is 24.6 Å². The van der Waals surface area contributed by atoms with Gasteiger partial charge in [0.15, 0.2) is 0 Å². The third-order valence-corrected chi connectivity index (χ3v) is 2.21. The molecule has 0 bridgehead atoms. The third kappa shape index (κ3) is 5.19. The first-order valence-corrected chi connectivity index (χ1v) is 5.76. The summed E-state index contributed by atoms with van der Waals surface area (Å²) in [7, 11) is 0. The molecule has 2 amide bonds. The average Bonchev–Trinajstić information content (AvgIpc) is 2.41. The summed E-state index contributed by atoms with van der Waals surface area (Å²) in [6, 6.07) is 3.30. The van der Waals surface area contributed by atoms with Crippen molar-refractivity contribution >= 4 is 11.8 Å². The van der Waals surface area contributed by atoms with Gasteiger partial charge >= 0.3 is 0 Å². The smallest absolute Gasteiger partial charge is 0.271 e. The molecule has 0 aliphatic rings. The summed E-state index contributed by atoms with van der Waals surface area (Å²) in [5, 5.41) is 11.3. The van der Waals surface area contributed by atoms with Crippen molar-refractivity contribution in [2.24, 2.45) is 5.73 Å². The van der Waals surface area contributed by atoms with Gasteiger partial charge in [0, 0.05) is 19.2 Å². The molecule has 0 aliphatic carbocycles. The molecule has 19 heavy (non-hydrogen) atoms. The first-order valence-electron chi connectivity index (χ1n) is 5.76. The minimum absolute atomic E-state index is 0.197. The van der Waals surface area contributed by atoms with Crippen molar-refractivity contribution in [1.29, 1.82) is 0 Å². The van der Waals surface area contributed by atoms with Crippen LogP contribution in [0.3, 0.4) is 0 Å². The van der Waals surface area contributed by atoms with Gasteiger partial charge in [0.1, 0.15) is 12.3 Å². The summed E-state index contributed by atoms with van der Waals surface area (Å²) >= 11 is 0. The van der Waals surface area contributed by atoms with Crippen LogP contribution in [0.25, 0.3) is 0 Å². The van der Waals surface area contributed by atoms with Crippen LogP contribution in [0.4, 0.5) is 0 Å². The Morgan fingerprint density at radius 1 is 1.47 bits per heavy atom. The molecule has 0 saturated carbocycles. The van der Waals surface area contributed by atoms with Gasteiger partial charge in [-0.05, 0) is 18.6 Å². The van der Waals surface area contributed by atoms with E-state index in [2.05, 4.69) is 22.1 Å². The number of carbonyl (C=O) groups is 2. The predicted octanol–water partition coefficient (Wildman–Crippen LogP) is -0.579. The highest BCUT2D eigenvalue weighted by atomic mass is 16.2. The molecule has 1 aromatic heterocycles. The highest BCUT2D eigenvalue weighted by molar-refractivity contribution is 5.94. The van der Waals surface area contributed by atoms with E-state index in [1.165, 1.54) is 6.20 Å². The minimum atomic E-state index is -0.401. The SMILES string of the molecule is NC(=O)CCCNC(=O)c1ncccc1C#CCO. The molecule has 0 spiro atoms. The molecule has 0 aromatic carbocycles. The number of hydrogen-bond acceptors (Lipinski definition) is 4.